The van der Waals surface area contributed by atoms with Gasteiger partial charge in [0, 0.05) is 17.9 Å². The lowest BCUT2D eigenvalue weighted by Crippen LogP contribution is -1.88. The number of aryl methyl sites for hydroxylation is 1. The Balaban J connectivity index is 0.000000236. The molecule has 0 amide bonds. The number of ether oxygens (including phenoxy) is 1. The van der Waals surface area contributed by atoms with Crippen molar-refractivity contribution in [3.8, 4) is 11.6 Å². The van der Waals surface area contributed by atoms with E-state index in [1.807, 2.05) is 54.6 Å². The molecule has 0 saturated carbocycles. The summed E-state index contributed by atoms with van der Waals surface area (Å²) in [5.41, 5.74) is 4.30. The largest absolute Gasteiger partial charge is 0.507 e. The first-order valence-corrected chi connectivity index (χ1v) is 8.60. The van der Waals surface area contributed by atoms with E-state index in [1.54, 1.807) is 7.11 Å². The normalized spacial score (nSPS) is 10.2. The van der Waals surface area contributed by atoms with Crippen LogP contribution in [-0.4, -0.2) is 17.2 Å². The van der Waals surface area contributed by atoms with Crippen LogP contribution in [0, 0.1) is 6.92 Å². The Bertz CT molecular complexity index is 960. The highest BCUT2D eigenvalue weighted by molar-refractivity contribution is 5.88. The highest BCUT2D eigenvalue weighted by atomic mass is 16.5. The number of fused-ring (bicyclic) bond motifs is 1. The molecule has 132 valence electrons. The van der Waals surface area contributed by atoms with E-state index >= 15 is 0 Å². The van der Waals surface area contributed by atoms with Gasteiger partial charge in [0.05, 0.1) is 12.6 Å². The fraction of sp³-hybridized carbons (Fsp3) is 0.130. The summed E-state index contributed by atoms with van der Waals surface area (Å²) < 4.78 is 5.15. The molecule has 4 aromatic rings. The first-order chi connectivity index (χ1) is 12.7. The number of hydrogen-bond donors (Lipinski definition) is 2. The van der Waals surface area contributed by atoms with Gasteiger partial charge in [0.25, 0.3) is 0 Å². The van der Waals surface area contributed by atoms with Crippen molar-refractivity contribution < 1.29 is 9.84 Å². The molecule has 0 atom stereocenters. The number of methoxy groups -OCH3 is 1. The van der Waals surface area contributed by atoms with Gasteiger partial charge in [-0.05, 0) is 24.1 Å². The molecule has 0 spiro atoms. The number of hydrogen-bond acceptors (Lipinski definition) is 2. The van der Waals surface area contributed by atoms with Crippen LogP contribution in [0.5, 0.6) is 11.6 Å². The van der Waals surface area contributed by atoms with Gasteiger partial charge in [0.2, 0.25) is 0 Å². The minimum Gasteiger partial charge on any atom is -0.507 e. The lowest BCUT2D eigenvalue weighted by Gasteiger charge is -2.05. The van der Waals surface area contributed by atoms with E-state index in [1.165, 1.54) is 11.1 Å². The molecule has 3 heteroatoms. The van der Waals surface area contributed by atoms with Gasteiger partial charge in [-0.1, -0.05) is 72.3 Å². The molecule has 0 aliphatic carbocycles. The molecule has 0 fully saturated rings. The maximum atomic E-state index is 10.3. The maximum absolute atomic E-state index is 10.3. The van der Waals surface area contributed by atoms with E-state index in [9.17, 15) is 5.11 Å². The Morgan fingerprint density at radius 2 is 1.54 bits per heavy atom. The van der Waals surface area contributed by atoms with Crippen molar-refractivity contribution in [2.45, 2.75) is 13.3 Å². The predicted octanol–water partition coefficient (Wildman–Crippen LogP) is 5.47. The van der Waals surface area contributed by atoms with E-state index < -0.39 is 0 Å². The van der Waals surface area contributed by atoms with Gasteiger partial charge in [-0.3, -0.25) is 0 Å². The van der Waals surface area contributed by atoms with Gasteiger partial charge in [-0.2, -0.15) is 0 Å². The Labute approximate surface area is 153 Å². The summed E-state index contributed by atoms with van der Waals surface area (Å²) in [6, 6.07) is 26.1. The Morgan fingerprint density at radius 3 is 2.12 bits per heavy atom. The number of phenols is 1. The molecule has 0 bridgehead atoms. The van der Waals surface area contributed by atoms with Crippen LogP contribution >= 0.6 is 0 Å². The van der Waals surface area contributed by atoms with Crippen molar-refractivity contribution in [3.05, 3.63) is 95.6 Å². The van der Waals surface area contributed by atoms with Crippen molar-refractivity contribution in [3.63, 3.8) is 0 Å². The summed E-state index contributed by atoms with van der Waals surface area (Å²) in [7, 11) is 1.60. The van der Waals surface area contributed by atoms with E-state index in [0.717, 1.165) is 22.9 Å². The predicted molar refractivity (Wildman–Crippen MR) is 107 cm³/mol. The van der Waals surface area contributed by atoms with Crippen LogP contribution in [0.3, 0.4) is 0 Å². The number of aromatic nitrogens is 1. The third-order valence-electron chi connectivity index (χ3n) is 4.23. The summed E-state index contributed by atoms with van der Waals surface area (Å²) in [5.74, 6) is 0.975. The average Bonchev–Trinajstić information content (AvgIpc) is 3.10. The minimum absolute atomic E-state index is 0.320. The second-order valence-electron chi connectivity index (χ2n) is 6.19. The first-order valence-electron chi connectivity index (χ1n) is 8.60. The molecular weight excluding hydrogens is 322 g/mol. The van der Waals surface area contributed by atoms with Crippen LogP contribution in [0.25, 0.3) is 10.9 Å². The van der Waals surface area contributed by atoms with E-state index in [-0.39, 0.29) is 0 Å². The van der Waals surface area contributed by atoms with Gasteiger partial charge < -0.3 is 14.8 Å². The van der Waals surface area contributed by atoms with Gasteiger partial charge >= 0.3 is 0 Å². The summed E-state index contributed by atoms with van der Waals surface area (Å²) in [6.45, 7) is 2.08. The van der Waals surface area contributed by atoms with E-state index in [0.29, 0.717) is 11.6 Å². The molecule has 26 heavy (non-hydrogen) atoms. The number of H-pyrrole nitrogens is 1. The number of rotatable bonds is 3. The number of aromatic amines is 1. The summed E-state index contributed by atoms with van der Waals surface area (Å²) in [5, 5.41) is 11.1. The van der Waals surface area contributed by atoms with Gasteiger partial charge in [0.1, 0.15) is 5.75 Å². The maximum Gasteiger partial charge on any atom is 0.191 e. The van der Waals surface area contributed by atoms with Crippen molar-refractivity contribution in [1.29, 1.82) is 0 Å². The van der Waals surface area contributed by atoms with Gasteiger partial charge in [-0.15, -0.1) is 0 Å². The molecular formula is C23H23NO2. The molecule has 1 heterocycles. The van der Waals surface area contributed by atoms with E-state index in [4.69, 9.17) is 4.74 Å². The number of benzene rings is 3. The molecule has 0 unspecified atom stereocenters. The topological polar surface area (TPSA) is 45.2 Å². The second-order valence-corrected chi connectivity index (χ2v) is 6.19. The summed E-state index contributed by atoms with van der Waals surface area (Å²) >= 11 is 0. The van der Waals surface area contributed by atoms with Gasteiger partial charge in [-0.25, -0.2) is 0 Å². The standard InChI is InChI=1S/C16H15NO2.C7H8/c1-19-15-10-13-14(17-15)8-7-12(16(13)18)9-11-5-3-2-4-6-11;1-7-5-3-2-4-6-7/h2-8,10,17-18H,9H2,1H3;2-6H,1H3. The number of nitrogens with one attached hydrogen (secondary N) is 1. The monoisotopic (exact) mass is 345 g/mol. The van der Waals surface area contributed by atoms with Crippen LogP contribution in [0.1, 0.15) is 16.7 Å². The second kappa shape index (κ2) is 8.26. The Morgan fingerprint density at radius 1 is 0.885 bits per heavy atom. The van der Waals surface area contributed by atoms with Crippen LogP contribution in [0.15, 0.2) is 78.9 Å². The van der Waals surface area contributed by atoms with Crippen LogP contribution in [-0.2, 0) is 6.42 Å². The zero-order chi connectivity index (χ0) is 18.4. The number of aromatic hydroxyl groups is 1. The quantitative estimate of drug-likeness (QED) is 0.517. The molecule has 3 aromatic carbocycles. The van der Waals surface area contributed by atoms with Crippen molar-refractivity contribution in [2.75, 3.05) is 7.11 Å². The smallest absolute Gasteiger partial charge is 0.191 e. The first kappa shape index (κ1) is 17.6. The Kier molecular flexibility index (Phi) is 5.59. The highest BCUT2D eigenvalue weighted by Gasteiger charge is 2.10. The van der Waals surface area contributed by atoms with Crippen LogP contribution < -0.4 is 4.74 Å². The number of phenolic OH excluding ortho intramolecular Hbond substituents is 1. The fourth-order valence-electron chi connectivity index (χ4n) is 2.81. The lowest BCUT2D eigenvalue weighted by atomic mass is 10.0. The van der Waals surface area contributed by atoms with Gasteiger partial charge in [0.15, 0.2) is 5.88 Å². The van der Waals surface area contributed by atoms with Crippen LogP contribution in [0.4, 0.5) is 0 Å². The van der Waals surface area contributed by atoms with Crippen molar-refractivity contribution >= 4 is 10.9 Å². The summed E-state index contributed by atoms with van der Waals surface area (Å²) in [6.07, 6.45) is 0.718. The minimum atomic E-state index is 0.320. The Hall–Kier alpha value is -3.20. The molecule has 0 aliphatic rings. The molecule has 1 aromatic heterocycles. The molecule has 0 aliphatic heterocycles. The molecule has 4 rings (SSSR count). The average molecular weight is 345 g/mol. The zero-order valence-electron chi connectivity index (χ0n) is 15.1. The molecule has 3 nitrogen and oxygen atoms in total. The molecule has 2 N–H and O–H groups in total. The van der Waals surface area contributed by atoms with Crippen LogP contribution in [0.2, 0.25) is 0 Å². The zero-order valence-corrected chi connectivity index (χ0v) is 15.1. The summed E-state index contributed by atoms with van der Waals surface area (Å²) in [4.78, 5) is 3.09. The molecule has 0 saturated heterocycles. The lowest BCUT2D eigenvalue weighted by molar-refractivity contribution is 0.401. The van der Waals surface area contributed by atoms with Crippen molar-refractivity contribution in [2.24, 2.45) is 0 Å². The highest BCUT2D eigenvalue weighted by Crippen LogP contribution is 2.32. The third kappa shape index (κ3) is 4.25. The molecule has 0 radical (unpaired) electrons. The van der Waals surface area contributed by atoms with E-state index in [2.05, 4.69) is 36.2 Å². The SMILES string of the molecule is COc1cc2c(O)c(Cc3ccccc3)ccc2[nH]1.Cc1ccccc1. The fourth-order valence-corrected chi connectivity index (χ4v) is 2.81. The third-order valence-corrected chi connectivity index (χ3v) is 4.23. The van der Waals surface area contributed by atoms with Crippen molar-refractivity contribution in [1.82, 2.24) is 4.98 Å².